The van der Waals surface area contributed by atoms with Crippen molar-refractivity contribution >= 4 is 22.7 Å². The molecule has 12 heteroatoms. The summed E-state index contributed by atoms with van der Waals surface area (Å²) >= 11 is 3.60. The highest BCUT2D eigenvalue weighted by molar-refractivity contribution is 7.10. The quantitative estimate of drug-likeness (QED) is 0.148. The molecule has 0 atom stereocenters. The molecule has 0 unspecified atom stereocenters. The topological polar surface area (TPSA) is 103 Å². The summed E-state index contributed by atoms with van der Waals surface area (Å²) in [5.74, 6) is -0.428. The van der Waals surface area contributed by atoms with Crippen molar-refractivity contribution in [2.45, 2.75) is 250 Å². The summed E-state index contributed by atoms with van der Waals surface area (Å²) in [6, 6.07) is 29.4. The Bertz CT molecular complexity index is 3100. The standard InChI is InChI=1S/C10H14FN.C10H15N.C9H12FN.3C9H13N.C8H12N2.2C8H12S/c1-7-5-8(11)9(12-6-7)10(2,3)4;1-8-5-6-9(11-7-8)10(2,3)4;1-9(2,3)8-7(10)5-4-6-11-8;1-9(2,3)8-4-6-10-7-5-8;1-9(2,3)8-5-4-6-10-7-8;1-9(2,3)8-6-4-5-7-10-8;1-8(2,3)7-6-9-4-5-10-7;1-8(2,3)7-4-5-9-6-7;1-8(2,3)7-5-4-6-9-7/h5-6H,1-4H3;5-7H,1-4H3;4-6H,1-3H3;3*4-7H,1-3H3;4-6H,1-3H3;2*4-6H,1-3H3. The maximum Gasteiger partial charge on any atom is 0.145 e. The van der Waals surface area contributed by atoms with Gasteiger partial charge in [-0.05, 0) is 146 Å². The summed E-state index contributed by atoms with van der Waals surface area (Å²) in [5.41, 5.74) is 11.8. The fourth-order valence-electron chi connectivity index (χ4n) is 7.48. The summed E-state index contributed by atoms with van der Waals surface area (Å²) in [5, 5.41) is 6.46. The SMILES string of the molecule is CC(C)(C)c1ccccn1.CC(C)(C)c1cccnc1.CC(C)(C)c1cccs1.CC(C)(C)c1ccncc1.CC(C)(C)c1ccsc1.CC(C)(C)c1cnccn1.CC(C)(C)c1ncccc1F.Cc1ccc(C(C)(C)C)nc1.Cc1cnc(C(C)(C)C)c(F)c1. The third-order valence-corrected chi connectivity index (χ3v) is 15.3. The second-order valence-corrected chi connectivity index (χ2v) is 33.6. The molecule has 0 aliphatic heterocycles. The van der Waals surface area contributed by atoms with Crippen molar-refractivity contribution in [1.29, 1.82) is 0 Å². The normalized spacial score (nSPS) is 11.6. The molecule has 0 N–H and O–H groups in total. The first-order valence-corrected chi connectivity index (χ1v) is 33.6. The fraction of sp³-hybridized carbons (Fsp3) is 0.475. The molecule has 8 nitrogen and oxygen atoms in total. The van der Waals surface area contributed by atoms with Crippen LogP contribution in [0.15, 0.2) is 175 Å². The van der Waals surface area contributed by atoms with Gasteiger partial charge in [0.1, 0.15) is 11.6 Å². The molecular weight excluding hydrogens is 1180 g/mol. The van der Waals surface area contributed by atoms with Gasteiger partial charge in [-0.2, -0.15) is 11.3 Å². The minimum Gasteiger partial charge on any atom is -0.265 e. The van der Waals surface area contributed by atoms with E-state index in [2.05, 4.69) is 263 Å². The van der Waals surface area contributed by atoms with E-state index >= 15 is 0 Å². The lowest BCUT2D eigenvalue weighted by atomic mass is 9.88. The van der Waals surface area contributed by atoms with Crippen molar-refractivity contribution in [3.63, 3.8) is 0 Å². The van der Waals surface area contributed by atoms with Crippen LogP contribution in [0.5, 0.6) is 0 Å². The maximum absolute atomic E-state index is 13.3. The fourth-order valence-corrected chi connectivity index (χ4v) is 9.18. The molecule has 92 heavy (non-hydrogen) atoms. The zero-order valence-electron chi connectivity index (χ0n) is 61.9. The number of halogens is 2. The number of hydrogen-bond acceptors (Lipinski definition) is 10. The Morgan fingerprint density at radius 1 is 0.304 bits per heavy atom. The lowest BCUT2D eigenvalue weighted by Gasteiger charge is -2.18. The van der Waals surface area contributed by atoms with Gasteiger partial charge in [-0.1, -0.05) is 211 Å². The first-order chi connectivity index (χ1) is 42.1. The van der Waals surface area contributed by atoms with Crippen LogP contribution in [-0.4, -0.2) is 39.9 Å². The molecule has 0 spiro atoms. The highest BCUT2D eigenvalue weighted by Crippen LogP contribution is 2.28. The Hall–Kier alpha value is -6.76. The predicted molar refractivity (Wildman–Crippen MR) is 394 cm³/mol. The van der Waals surface area contributed by atoms with E-state index in [9.17, 15) is 8.78 Å². The maximum atomic E-state index is 13.3. The average molecular weight is 1290 g/mol. The van der Waals surface area contributed by atoms with Crippen molar-refractivity contribution in [2.24, 2.45) is 0 Å². The first-order valence-electron chi connectivity index (χ1n) is 31.8. The molecule has 0 aromatic carbocycles. The van der Waals surface area contributed by atoms with Crippen molar-refractivity contribution in [3.05, 3.63) is 248 Å². The van der Waals surface area contributed by atoms with Crippen molar-refractivity contribution in [1.82, 2.24) is 39.9 Å². The Balaban J connectivity index is 0.000000518. The largest absolute Gasteiger partial charge is 0.265 e. The minimum atomic E-state index is -0.222. The van der Waals surface area contributed by atoms with Crippen LogP contribution >= 0.6 is 22.7 Å². The van der Waals surface area contributed by atoms with E-state index in [0.29, 0.717) is 22.2 Å². The third kappa shape index (κ3) is 34.8. The summed E-state index contributed by atoms with van der Waals surface area (Å²) in [7, 11) is 0. The molecule has 9 heterocycles. The van der Waals surface area contributed by atoms with Crippen LogP contribution in [0.4, 0.5) is 8.78 Å². The van der Waals surface area contributed by atoms with Gasteiger partial charge in [0.05, 0.1) is 17.1 Å². The number of thiophene rings is 2. The van der Waals surface area contributed by atoms with E-state index in [1.807, 2.05) is 109 Å². The van der Waals surface area contributed by atoms with Gasteiger partial charge >= 0.3 is 0 Å². The number of aromatic nitrogens is 8. The van der Waals surface area contributed by atoms with E-state index in [0.717, 1.165) is 22.6 Å². The molecule has 9 aromatic heterocycles. The van der Waals surface area contributed by atoms with Crippen LogP contribution in [0.2, 0.25) is 0 Å². The number of rotatable bonds is 0. The van der Waals surface area contributed by atoms with E-state index in [1.54, 1.807) is 54.6 Å². The molecule has 0 aliphatic carbocycles. The zero-order chi connectivity index (χ0) is 70.6. The van der Waals surface area contributed by atoms with Crippen LogP contribution < -0.4 is 0 Å². The summed E-state index contributed by atoms with van der Waals surface area (Å²) < 4.78 is 26.3. The van der Waals surface area contributed by atoms with E-state index in [4.69, 9.17) is 0 Å². The zero-order valence-corrected chi connectivity index (χ0v) is 63.5. The molecule has 0 radical (unpaired) electrons. The van der Waals surface area contributed by atoms with Gasteiger partial charge in [-0.25, -0.2) is 8.78 Å². The van der Waals surface area contributed by atoms with E-state index < -0.39 is 0 Å². The van der Waals surface area contributed by atoms with Gasteiger partial charge < -0.3 is 0 Å². The summed E-state index contributed by atoms with van der Waals surface area (Å²) in [4.78, 5) is 34.3. The lowest BCUT2D eigenvalue weighted by molar-refractivity contribution is 0.502. The lowest BCUT2D eigenvalue weighted by Crippen LogP contribution is -2.15. The highest BCUT2D eigenvalue weighted by Gasteiger charge is 2.22. The molecule has 502 valence electrons. The van der Waals surface area contributed by atoms with Crippen LogP contribution in [0, 0.1) is 25.5 Å². The summed E-state index contributed by atoms with van der Waals surface area (Å²) in [6.07, 6.45) is 19.7. The van der Waals surface area contributed by atoms with Gasteiger partial charge in [-0.3, -0.25) is 39.9 Å². The van der Waals surface area contributed by atoms with Gasteiger partial charge in [0.15, 0.2) is 0 Å². The second kappa shape index (κ2) is 37.2. The molecule has 0 saturated heterocycles. The van der Waals surface area contributed by atoms with Gasteiger partial charge in [0, 0.05) is 112 Å². The highest BCUT2D eigenvalue weighted by atomic mass is 32.1. The molecule has 9 rings (SSSR count). The Labute approximate surface area is 565 Å². The summed E-state index contributed by atoms with van der Waals surface area (Å²) in [6.45, 7) is 61.5. The number of aryl methyl sites for hydroxylation is 2. The third-order valence-electron chi connectivity index (χ3n) is 13.3. The molecule has 0 bridgehead atoms. The van der Waals surface area contributed by atoms with Crippen LogP contribution in [0.3, 0.4) is 0 Å². The molecule has 0 fully saturated rings. The van der Waals surface area contributed by atoms with Gasteiger partial charge in [0.25, 0.3) is 0 Å². The predicted octanol–water partition coefficient (Wildman–Crippen LogP) is 23.0. The Morgan fingerprint density at radius 3 is 1.13 bits per heavy atom. The molecular formula is C80H116F2N8S2. The number of hydrogen-bond donors (Lipinski definition) is 0. The van der Waals surface area contributed by atoms with Crippen molar-refractivity contribution in [2.75, 3.05) is 0 Å². The average Bonchev–Trinajstić information content (AvgIpc) is 1.30. The van der Waals surface area contributed by atoms with Crippen LogP contribution in [0.1, 0.15) is 248 Å². The van der Waals surface area contributed by atoms with E-state index in [1.165, 1.54) is 39.3 Å². The molecule has 0 aliphatic rings. The first kappa shape index (κ1) is 83.3. The van der Waals surface area contributed by atoms with Crippen LogP contribution in [0.25, 0.3) is 0 Å². The smallest absolute Gasteiger partial charge is 0.145 e. The molecule has 9 aromatic rings. The second-order valence-electron chi connectivity index (χ2n) is 31.9. The number of pyridine rings is 6. The molecule has 0 saturated carbocycles. The van der Waals surface area contributed by atoms with Crippen molar-refractivity contribution < 1.29 is 8.78 Å². The van der Waals surface area contributed by atoms with E-state index in [-0.39, 0.29) is 49.5 Å². The van der Waals surface area contributed by atoms with Gasteiger partial charge in [0.2, 0.25) is 0 Å². The van der Waals surface area contributed by atoms with Crippen molar-refractivity contribution in [3.8, 4) is 0 Å². The Morgan fingerprint density at radius 2 is 0.815 bits per heavy atom. The minimum absolute atomic E-state index is 0.119. The van der Waals surface area contributed by atoms with Gasteiger partial charge in [-0.15, -0.1) is 11.3 Å². The molecule has 0 amide bonds. The monoisotopic (exact) mass is 1290 g/mol. The van der Waals surface area contributed by atoms with Crippen LogP contribution in [-0.2, 0) is 48.7 Å². The number of nitrogens with zero attached hydrogens (tertiary/aromatic N) is 8. The Kier molecular flexibility index (Phi) is 33.7.